The topological polar surface area (TPSA) is 83.5 Å². The Morgan fingerprint density at radius 3 is 2.27 bits per heavy atom. The summed E-state index contributed by atoms with van der Waals surface area (Å²) < 4.78 is 28.2. The summed E-state index contributed by atoms with van der Waals surface area (Å²) >= 11 is 3.39. The van der Waals surface area contributed by atoms with Crippen molar-refractivity contribution < 1.29 is 18.3 Å². The first-order valence-electron chi connectivity index (χ1n) is 6.66. The van der Waals surface area contributed by atoms with E-state index < -0.39 is 22.0 Å². The number of hydrogen-bond donors (Lipinski definition) is 2. The predicted octanol–water partition coefficient (Wildman–Crippen LogP) is 2.99. The summed E-state index contributed by atoms with van der Waals surface area (Å²) in [6.07, 6.45) is 0. The monoisotopic (exact) mass is 385 g/mol. The highest BCUT2D eigenvalue weighted by atomic mass is 79.9. The molecule has 0 bridgehead atoms. The normalized spacial score (nSPS) is 13.5. The van der Waals surface area contributed by atoms with Gasteiger partial charge in [0.2, 0.25) is 10.0 Å². The van der Waals surface area contributed by atoms with Gasteiger partial charge in [-0.25, -0.2) is 8.42 Å². The van der Waals surface area contributed by atoms with Crippen molar-refractivity contribution in [3.63, 3.8) is 0 Å². The summed E-state index contributed by atoms with van der Waals surface area (Å²) in [4.78, 5) is 11.3. The van der Waals surface area contributed by atoms with Crippen LogP contribution in [-0.4, -0.2) is 25.5 Å². The van der Waals surface area contributed by atoms with Gasteiger partial charge < -0.3 is 5.11 Å². The van der Waals surface area contributed by atoms with Gasteiger partial charge in [0.05, 0.1) is 4.90 Å². The molecule has 0 fully saturated rings. The number of benzene rings is 2. The number of fused-ring (bicyclic) bond motifs is 1. The smallest absolute Gasteiger partial charge is 0.322 e. The second-order valence-electron chi connectivity index (χ2n) is 5.27. The highest BCUT2D eigenvalue weighted by Crippen LogP contribution is 2.29. The summed E-state index contributed by atoms with van der Waals surface area (Å²) in [6.45, 7) is 3.31. The Balaban J connectivity index is 2.55. The zero-order valence-electron chi connectivity index (χ0n) is 12.1. The number of hydrogen-bond acceptors (Lipinski definition) is 3. The Hall–Kier alpha value is -1.44. The van der Waals surface area contributed by atoms with Crippen molar-refractivity contribution in [2.45, 2.75) is 24.8 Å². The van der Waals surface area contributed by atoms with Crippen LogP contribution in [0.5, 0.6) is 0 Å². The zero-order chi connectivity index (χ0) is 16.5. The SMILES string of the molecule is CC(C)[C@@H](NS(=O)(=O)c1ccc(Br)c2ccccc12)C(=O)O. The fourth-order valence-electron chi connectivity index (χ4n) is 2.17. The van der Waals surface area contributed by atoms with E-state index in [1.807, 2.05) is 6.07 Å². The van der Waals surface area contributed by atoms with E-state index in [9.17, 15) is 18.3 Å². The summed E-state index contributed by atoms with van der Waals surface area (Å²) in [5, 5.41) is 10.5. The molecule has 0 heterocycles. The average molecular weight is 386 g/mol. The van der Waals surface area contributed by atoms with Gasteiger partial charge in [-0.3, -0.25) is 4.79 Å². The largest absolute Gasteiger partial charge is 0.480 e. The minimum Gasteiger partial charge on any atom is -0.480 e. The molecule has 0 unspecified atom stereocenters. The first kappa shape index (κ1) is 16.9. The molecule has 2 N–H and O–H groups in total. The van der Waals surface area contributed by atoms with Gasteiger partial charge in [0.1, 0.15) is 6.04 Å². The molecule has 1 atom stereocenters. The number of nitrogens with one attached hydrogen (secondary N) is 1. The number of carboxylic acid groups (broad SMARTS) is 1. The van der Waals surface area contributed by atoms with E-state index in [0.29, 0.717) is 5.39 Å². The third-order valence-corrected chi connectivity index (χ3v) is 5.53. The van der Waals surface area contributed by atoms with Crippen LogP contribution in [0.3, 0.4) is 0 Å². The van der Waals surface area contributed by atoms with Crippen LogP contribution in [0.4, 0.5) is 0 Å². The lowest BCUT2D eigenvalue weighted by Gasteiger charge is -2.19. The molecule has 0 amide bonds. The van der Waals surface area contributed by atoms with Crippen molar-refractivity contribution in [3.8, 4) is 0 Å². The molecule has 22 heavy (non-hydrogen) atoms. The molecule has 5 nitrogen and oxygen atoms in total. The van der Waals surface area contributed by atoms with Crippen LogP contribution < -0.4 is 4.72 Å². The maximum atomic E-state index is 12.6. The van der Waals surface area contributed by atoms with Gasteiger partial charge in [-0.15, -0.1) is 0 Å². The molecule has 2 aromatic carbocycles. The maximum Gasteiger partial charge on any atom is 0.322 e. The van der Waals surface area contributed by atoms with Crippen molar-refractivity contribution in [1.29, 1.82) is 0 Å². The molecule has 0 radical (unpaired) electrons. The van der Waals surface area contributed by atoms with E-state index in [1.165, 1.54) is 6.07 Å². The molecule has 7 heteroatoms. The number of carbonyl (C=O) groups is 1. The van der Waals surface area contributed by atoms with E-state index in [-0.39, 0.29) is 10.8 Å². The summed E-state index contributed by atoms with van der Waals surface area (Å²) in [5.41, 5.74) is 0. The first-order valence-corrected chi connectivity index (χ1v) is 8.94. The van der Waals surface area contributed by atoms with Gasteiger partial charge in [-0.05, 0) is 23.4 Å². The third kappa shape index (κ3) is 3.31. The highest BCUT2D eigenvalue weighted by Gasteiger charge is 2.29. The lowest BCUT2D eigenvalue weighted by Crippen LogP contribution is -2.44. The average Bonchev–Trinajstić information content (AvgIpc) is 2.44. The van der Waals surface area contributed by atoms with Crippen molar-refractivity contribution in [2.75, 3.05) is 0 Å². The van der Waals surface area contributed by atoms with E-state index >= 15 is 0 Å². The predicted molar refractivity (Wildman–Crippen MR) is 88.2 cm³/mol. The molecule has 0 saturated carbocycles. The van der Waals surface area contributed by atoms with E-state index in [2.05, 4.69) is 20.7 Å². The number of carboxylic acids is 1. The molecule has 2 aromatic rings. The highest BCUT2D eigenvalue weighted by molar-refractivity contribution is 9.10. The van der Waals surface area contributed by atoms with Crippen LogP contribution in [0.15, 0.2) is 45.8 Å². The number of sulfonamides is 1. The van der Waals surface area contributed by atoms with Crippen molar-refractivity contribution in [3.05, 3.63) is 40.9 Å². The van der Waals surface area contributed by atoms with Gasteiger partial charge in [-0.1, -0.05) is 54.0 Å². The summed E-state index contributed by atoms with van der Waals surface area (Å²) in [5.74, 6) is -1.56. The molecule has 0 aromatic heterocycles. The fraction of sp³-hybridized carbons (Fsp3) is 0.267. The molecule has 2 rings (SSSR count). The second-order valence-corrected chi connectivity index (χ2v) is 7.81. The minimum absolute atomic E-state index is 0.0678. The van der Waals surface area contributed by atoms with Crippen LogP contribution in [-0.2, 0) is 14.8 Å². The van der Waals surface area contributed by atoms with Crippen molar-refractivity contribution >= 4 is 42.7 Å². The first-order chi connectivity index (χ1) is 10.2. The Kier molecular flexibility index (Phi) is 4.89. The lowest BCUT2D eigenvalue weighted by molar-refractivity contribution is -0.140. The van der Waals surface area contributed by atoms with Gasteiger partial charge in [-0.2, -0.15) is 4.72 Å². The van der Waals surface area contributed by atoms with E-state index in [4.69, 9.17) is 0 Å². The summed E-state index contributed by atoms with van der Waals surface area (Å²) in [7, 11) is -3.94. The molecule has 118 valence electrons. The van der Waals surface area contributed by atoms with Crippen LogP contribution in [0.1, 0.15) is 13.8 Å². The van der Waals surface area contributed by atoms with E-state index in [0.717, 1.165) is 9.86 Å². The van der Waals surface area contributed by atoms with Gasteiger partial charge in [0.15, 0.2) is 0 Å². The Morgan fingerprint density at radius 1 is 1.14 bits per heavy atom. The number of halogens is 1. The Labute approximate surface area is 137 Å². The Morgan fingerprint density at radius 2 is 1.73 bits per heavy atom. The molecule has 0 aliphatic carbocycles. The fourth-order valence-corrected chi connectivity index (χ4v) is 4.20. The second kappa shape index (κ2) is 6.36. The van der Waals surface area contributed by atoms with Crippen LogP contribution in [0.2, 0.25) is 0 Å². The quantitative estimate of drug-likeness (QED) is 0.828. The van der Waals surface area contributed by atoms with Gasteiger partial charge in [0, 0.05) is 9.86 Å². The van der Waals surface area contributed by atoms with Crippen LogP contribution in [0.25, 0.3) is 10.8 Å². The Bertz CT molecular complexity index is 817. The van der Waals surface area contributed by atoms with Crippen molar-refractivity contribution in [2.24, 2.45) is 5.92 Å². The minimum atomic E-state index is -3.94. The number of rotatable bonds is 5. The maximum absolute atomic E-state index is 12.6. The molecule has 0 aliphatic heterocycles. The van der Waals surface area contributed by atoms with E-state index in [1.54, 1.807) is 38.1 Å². The molecule has 0 aliphatic rings. The molecular weight excluding hydrogens is 370 g/mol. The van der Waals surface area contributed by atoms with Gasteiger partial charge in [0.25, 0.3) is 0 Å². The summed E-state index contributed by atoms with van der Waals surface area (Å²) in [6, 6.07) is 8.98. The van der Waals surface area contributed by atoms with Crippen LogP contribution in [0, 0.1) is 5.92 Å². The molecule has 0 saturated heterocycles. The van der Waals surface area contributed by atoms with Crippen molar-refractivity contribution in [1.82, 2.24) is 4.72 Å². The lowest BCUT2D eigenvalue weighted by atomic mass is 10.1. The van der Waals surface area contributed by atoms with Crippen LogP contribution >= 0.6 is 15.9 Å². The number of aliphatic carboxylic acids is 1. The van der Waals surface area contributed by atoms with Gasteiger partial charge >= 0.3 is 5.97 Å². The molecule has 0 spiro atoms. The standard InChI is InChI=1S/C15H16BrNO4S/c1-9(2)14(15(18)19)17-22(20,21)13-8-7-12(16)10-5-3-4-6-11(10)13/h3-9,14,17H,1-2H3,(H,18,19)/t14-/m1/s1. The third-order valence-electron chi connectivity index (χ3n) is 3.34. The molecular formula is C15H16BrNO4S. The zero-order valence-corrected chi connectivity index (χ0v) is 14.5.